The van der Waals surface area contributed by atoms with Crippen molar-refractivity contribution in [1.82, 2.24) is 0 Å². The van der Waals surface area contributed by atoms with Crippen LogP contribution in [0, 0.1) is 0 Å². The Bertz CT molecular complexity index is 279. The largest absolute Gasteiger partial charge is 1.00 e. The number of hydrogen-bond donors (Lipinski definition) is 0. The smallest absolute Gasteiger partial charge is 0.744 e. The van der Waals surface area contributed by atoms with Crippen molar-refractivity contribution in [3.63, 3.8) is 0 Å². The molecule has 0 radical (unpaired) electrons. The number of unbranched alkanes of at least 4 members (excludes halogenated alkanes) is 3. The molecule has 0 bridgehead atoms. The summed E-state index contributed by atoms with van der Waals surface area (Å²) in [5, 5.41) is 0. The minimum Gasteiger partial charge on any atom is -0.744 e. The van der Waals surface area contributed by atoms with Gasteiger partial charge in [-0.1, -0.05) is 30.8 Å². The van der Waals surface area contributed by atoms with E-state index in [0.29, 0.717) is 6.42 Å². The predicted molar refractivity (Wildman–Crippen MR) is 49.9 cm³/mol. The quantitative estimate of drug-likeness (QED) is 0.228. The molecule has 0 aliphatic heterocycles. The van der Waals surface area contributed by atoms with Crippen molar-refractivity contribution in [3.05, 3.63) is 0 Å². The molecule has 15 heavy (non-hydrogen) atoms. The second-order valence-electron chi connectivity index (χ2n) is 3.08. The molecule has 2 atom stereocenters. The molecule has 5 nitrogen and oxygen atoms in total. The Hall–Kier alpha value is 0.970. The molecule has 0 aromatic rings. The van der Waals surface area contributed by atoms with Crippen molar-refractivity contribution in [3.8, 4) is 0 Å². The van der Waals surface area contributed by atoms with Gasteiger partial charge >= 0.3 is 37.6 Å². The summed E-state index contributed by atoms with van der Waals surface area (Å²) in [6.07, 6.45) is 3.03. The second-order valence-corrected chi connectivity index (χ2v) is 6.18. The van der Waals surface area contributed by atoms with E-state index in [9.17, 15) is 22.4 Å². The van der Waals surface area contributed by atoms with Gasteiger partial charge in [0.25, 0.3) is 0 Å². The third-order valence-corrected chi connectivity index (χ3v) is 4.79. The fourth-order valence-electron chi connectivity index (χ4n) is 1.10. The summed E-state index contributed by atoms with van der Waals surface area (Å²) in [4.78, 5) is 8.73. The van der Waals surface area contributed by atoms with Crippen molar-refractivity contribution in [2.75, 3.05) is 0 Å². The van der Waals surface area contributed by atoms with Crippen LogP contribution in [0.15, 0.2) is 0 Å². The van der Waals surface area contributed by atoms with E-state index in [1.807, 2.05) is 6.92 Å². The van der Waals surface area contributed by atoms with E-state index in [1.54, 1.807) is 0 Å². The molecule has 0 aliphatic rings. The van der Waals surface area contributed by atoms with Crippen LogP contribution in [0.2, 0.25) is 0 Å². The van der Waals surface area contributed by atoms with Crippen LogP contribution in [0.5, 0.6) is 0 Å². The minimum atomic E-state index is -4.70. The van der Waals surface area contributed by atoms with Crippen molar-refractivity contribution in [2.45, 2.75) is 44.0 Å². The molecule has 0 aromatic heterocycles. The van der Waals surface area contributed by atoms with E-state index in [1.165, 1.54) is 0 Å². The fraction of sp³-hybridized carbons (Fsp3) is 1.00. The number of rotatable bonds is 7. The van der Waals surface area contributed by atoms with Gasteiger partial charge in [-0.25, -0.2) is 8.42 Å². The molecular formula is C7H14NaO5PS. The van der Waals surface area contributed by atoms with Gasteiger partial charge < -0.3 is 9.45 Å². The van der Waals surface area contributed by atoms with E-state index in [0.717, 1.165) is 19.3 Å². The van der Waals surface area contributed by atoms with E-state index in [-0.39, 0.29) is 36.0 Å². The molecule has 0 N–H and O–H groups in total. The standard InChI is InChI=1S/C7H15O5PS.Na/c1-2-3-4-5-6-7(13(8)9)14(10,11)12;/h7H,2-6H2,1H3,(H,10,11,12);/q;+1/p-1. The van der Waals surface area contributed by atoms with Gasteiger partial charge in [0.15, 0.2) is 0 Å². The van der Waals surface area contributed by atoms with Crippen LogP contribution in [-0.4, -0.2) is 18.0 Å². The molecular weight excluding hydrogens is 250 g/mol. The first kappa shape index (κ1) is 18.3. The molecule has 2 unspecified atom stereocenters. The Morgan fingerprint density at radius 3 is 2.13 bits per heavy atom. The molecule has 0 saturated carbocycles. The molecule has 0 heterocycles. The van der Waals surface area contributed by atoms with Crippen LogP contribution >= 0.6 is 8.03 Å². The average molecular weight is 264 g/mol. The SMILES string of the molecule is CCCCCCC([P+](=O)[O-])S(=O)(=O)[O-].[Na+]. The van der Waals surface area contributed by atoms with Crippen molar-refractivity contribution < 1.29 is 52.0 Å². The van der Waals surface area contributed by atoms with Crippen LogP contribution in [0.1, 0.15) is 39.0 Å². The van der Waals surface area contributed by atoms with Crippen molar-refractivity contribution in [1.29, 1.82) is 0 Å². The van der Waals surface area contributed by atoms with Crippen LogP contribution in [-0.2, 0) is 14.7 Å². The normalized spacial score (nSPS) is 14.2. The van der Waals surface area contributed by atoms with Gasteiger partial charge in [-0.05, 0) is 6.42 Å². The zero-order chi connectivity index (χ0) is 11.2. The van der Waals surface area contributed by atoms with Crippen LogP contribution in [0.25, 0.3) is 0 Å². The Balaban J connectivity index is 0. The first-order valence-electron chi connectivity index (χ1n) is 4.47. The van der Waals surface area contributed by atoms with Gasteiger partial charge in [0.05, 0.1) is 0 Å². The fourth-order valence-corrected chi connectivity index (χ4v) is 2.79. The topological polar surface area (TPSA) is 97.3 Å². The Morgan fingerprint density at radius 2 is 1.80 bits per heavy atom. The second kappa shape index (κ2) is 9.05. The molecule has 0 rings (SSSR count). The van der Waals surface area contributed by atoms with E-state index < -0.39 is 23.1 Å². The Kier molecular flexibility index (Phi) is 11.1. The molecule has 0 aromatic carbocycles. The van der Waals surface area contributed by atoms with Crippen LogP contribution in [0.3, 0.4) is 0 Å². The van der Waals surface area contributed by atoms with Gasteiger partial charge in [0.1, 0.15) is 10.1 Å². The van der Waals surface area contributed by atoms with E-state index in [2.05, 4.69) is 0 Å². The summed E-state index contributed by atoms with van der Waals surface area (Å²) in [7, 11) is -7.87. The van der Waals surface area contributed by atoms with Gasteiger partial charge in [-0.15, -0.1) is 0 Å². The summed E-state index contributed by atoms with van der Waals surface area (Å²) < 4.78 is 42.0. The number of hydrogen-bond acceptors (Lipinski definition) is 5. The Morgan fingerprint density at radius 1 is 1.27 bits per heavy atom. The molecule has 0 spiro atoms. The van der Waals surface area contributed by atoms with Gasteiger partial charge in [0, 0.05) is 6.42 Å². The molecule has 0 fully saturated rings. The maximum absolute atomic E-state index is 10.5. The van der Waals surface area contributed by atoms with E-state index >= 15 is 0 Å². The summed E-state index contributed by atoms with van der Waals surface area (Å²) in [6.45, 7) is 1.98. The average Bonchev–Trinajstić information content (AvgIpc) is 2.01. The third-order valence-electron chi connectivity index (χ3n) is 1.87. The summed E-state index contributed by atoms with van der Waals surface area (Å²) >= 11 is 0. The van der Waals surface area contributed by atoms with Crippen molar-refractivity contribution >= 4 is 18.1 Å². The zero-order valence-electron chi connectivity index (χ0n) is 9.01. The Labute approximate surface area is 114 Å². The van der Waals surface area contributed by atoms with Gasteiger partial charge in [-0.2, -0.15) is 0 Å². The minimum absolute atomic E-state index is 0. The maximum atomic E-state index is 10.5. The van der Waals surface area contributed by atoms with Gasteiger partial charge in [0.2, 0.25) is 4.99 Å². The molecule has 0 aliphatic carbocycles. The third kappa shape index (κ3) is 8.74. The first-order valence-corrected chi connectivity index (χ1v) is 7.19. The summed E-state index contributed by atoms with van der Waals surface area (Å²) in [5.74, 6) is 0. The summed E-state index contributed by atoms with van der Waals surface area (Å²) in [6, 6.07) is 0. The van der Waals surface area contributed by atoms with Crippen molar-refractivity contribution in [2.24, 2.45) is 0 Å². The molecule has 84 valence electrons. The molecule has 0 saturated heterocycles. The summed E-state index contributed by atoms with van der Waals surface area (Å²) in [5.41, 5.74) is 0. The van der Waals surface area contributed by atoms with Crippen LogP contribution < -0.4 is 34.5 Å². The molecule has 8 heteroatoms. The first-order chi connectivity index (χ1) is 6.39. The zero-order valence-corrected chi connectivity index (χ0v) is 12.7. The maximum Gasteiger partial charge on any atom is 1.00 e. The molecule has 0 amide bonds. The predicted octanol–water partition coefficient (Wildman–Crippen LogP) is -2.07. The van der Waals surface area contributed by atoms with Gasteiger partial charge in [-0.3, -0.25) is 0 Å². The van der Waals surface area contributed by atoms with Crippen LogP contribution in [0.4, 0.5) is 0 Å². The van der Waals surface area contributed by atoms with E-state index in [4.69, 9.17) is 0 Å². The monoisotopic (exact) mass is 264 g/mol.